The summed E-state index contributed by atoms with van der Waals surface area (Å²) in [7, 11) is 2.89. The number of ether oxygens (including phenoxy) is 2. The number of fused-ring (bicyclic) bond motifs is 1. The molecule has 0 bridgehead atoms. The Balaban J connectivity index is 2.63. The van der Waals surface area contributed by atoms with E-state index in [0.29, 0.717) is 17.0 Å². The van der Waals surface area contributed by atoms with Crippen LogP contribution in [-0.2, 0) is 9.53 Å². The summed E-state index contributed by atoms with van der Waals surface area (Å²) in [6.07, 6.45) is 0. The molecule has 0 aliphatic heterocycles. The van der Waals surface area contributed by atoms with Crippen LogP contribution in [0, 0.1) is 0 Å². The Morgan fingerprint density at radius 3 is 2.40 bits per heavy atom. The standard InChI is InChI=1S/C15H15NO4/c1-9(17)16-14-8-11-6-12(19-2)5-4-10(11)7-13(14)15(18)20-3/h4-8H,1-3H3,(H,16,17). The number of hydrogen-bond donors (Lipinski definition) is 1. The summed E-state index contributed by atoms with van der Waals surface area (Å²) >= 11 is 0. The van der Waals surface area contributed by atoms with Gasteiger partial charge in [0, 0.05) is 6.92 Å². The van der Waals surface area contributed by atoms with Crippen molar-refractivity contribution in [2.45, 2.75) is 6.92 Å². The lowest BCUT2D eigenvalue weighted by Crippen LogP contribution is -2.12. The van der Waals surface area contributed by atoms with Crippen molar-refractivity contribution >= 4 is 28.3 Å². The molecule has 0 aromatic heterocycles. The second-order valence-electron chi connectivity index (χ2n) is 4.28. The zero-order chi connectivity index (χ0) is 14.7. The van der Waals surface area contributed by atoms with E-state index < -0.39 is 5.97 Å². The van der Waals surface area contributed by atoms with E-state index in [9.17, 15) is 9.59 Å². The van der Waals surface area contributed by atoms with Crippen LogP contribution in [0.5, 0.6) is 5.75 Å². The van der Waals surface area contributed by atoms with E-state index in [4.69, 9.17) is 9.47 Å². The van der Waals surface area contributed by atoms with Crippen LogP contribution in [0.25, 0.3) is 10.8 Å². The lowest BCUT2D eigenvalue weighted by atomic mass is 10.0. The molecule has 0 saturated heterocycles. The predicted octanol–water partition coefficient (Wildman–Crippen LogP) is 2.59. The highest BCUT2D eigenvalue weighted by Gasteiger charge is 2.14. The van der Waals surface area contributed by atoms with Gasteiger partial charge in [0.25, 0.3) is 0 Å². The van der Waals surface area contributed by atoms with E-state index >= 15 is 0 Å². The first kappa shape index (κ1) is 13.9. The fourth-order valence-electron chi connectivity index (χ4n) is 1.97. The molecule has 5 heteroatoms. The maximum atomic E-state index is 11.8. The van der Waals surface area contributed by atoms with Crippen LogP contribution in [0.2, 0.25) is 0 Å². The molecule has 0 atom stereocenters. The smallest absolute Gasteiger partial charge is 0.339 e. The molecule has 1 amide bonds. The van der Waals surface area contributed by atoms with Gasteiger partial charge in [0.05, 0.1) is 25.5 Å². The monoisotopic (exact) mass is 273 g/mol. The van der Waals surface area contributed by atoms with Crippen molar-refractivity contribution in [2.75, 3.05) is 19.5 Å². The molecule has 104 valence electrons. The number of anilines is 1. The van der Waals surface area contributed by atoms with Gasteiger partial charge in [0.2, 0.25) is 5.91 Å². The minimum absolute atomic E-state index is 0.252. The summed E-state index contributed by atoms with van der Waals surface area (Å²) in [5.41, 5.74) is 0.741. The van der Waals surface area contributed by atoms with Crippen LogP contribution in [0.1, 0.15) is 17.3 Å². The van der Waals surface area contributed by atoms with E-state index in [1.165, 1.54) is 14.0 Å². The van der Waals surface area contributed by atoms with Crippen LogP contribution in [-0.4, -0.2) is 26.1 Å². The molecule has 0 radical (unpaired) electrons. The first-order chi connectivity index (χ1) is 9.55. The molecule has 0 fully saturated rings. The molecule has 20 heavy (non-hydrogen) atoms. The van der Waals surface area contributed by atoms with Gasteiger partial charge in [-0.2, -0.15) is 0 Å². The highest BCUT2D eigenvalue weighted by Crippen LogP contribution is 2.27. The summed E-state index contributed by atoms with van der Waals surface area (Å²) in [6, 6.07) is 8.90. The zero-order valence-corrected chi connectivity index (χ0v) is 11.5. The summed E-state index contributed by atoms with van der Waals surface area (Å²) in [5, 5.41) is 4.36. The number of carbonyl (C=O) groups is 2. The number of methoxy groups -OCH3 is 2. The Morgan fingerprint density at radius 2 is 1.80 bits per heavy atom. The molecule has 2 aromatic carbocycles. The van der Waals surface area contributed by atoms with Gasteiger partial charge in [-0.3, -0.25) is 4.79 Å². The highest BCUT2D eigenvalue weighted by molar-refractivity contribution is 6.05. The number of rotatable bonds is 3. The Morgan fingerprint density at radius 1 is 1.05 bits per heavy atom. The molecular weight excluding hydrogens is 258 g/mol. The van der Waals surface area contributed by atoms with Crippen molar-refractivity contribution in [1.82, 2.24) is 0 Å². The first-order valence-electron chi connectivity index (χ1n) is 6.03. The Hall–Kier alpha value is -2.56. The first-order valence-corrected chi connectivity index (χ1v) is 6.03. The quantitative estimate of drug-likeness (QED) is 0.873. The van der Waals surface area contributed by atoms with Crippen LogP contribution >= 0.6 is 0 Å². The van der Waals surface area contributed by atoms with E-state index in [1.807, 2.05) is 18.2 Å². The van der Waals surface area contributed by atoms with Crippen molar-refractivity contribution in [3.05, 3.63) is 35.9 Å². The molecule has 0 saturated carbocycles. The third kappa shape index (κ3) is 2.71. The number of benzene rings is 2. The number of hydrogen-bond acceptors (Lipinski definition) is 4. The molecule has 5 nitrogen and oxygen atoms in total. The average Bonchev–Trinajstić information content (AvgIpc) is 2.44. The second-order valence-corrected chi connectivity index (χ2v) is 4.28. The Kier molecular flexibility index (Phi) is 3.89. The van der Waals surface area contributed by atoms with Crippen molar-refractivity contribution in [3.63, 3.8) is 0 Å². The molecular formula is C15H15NO4. The van der Waals surface area contributed by atoms with Gasteiger partial charge in [-0.15, -0.1) is 0 Å². The van der Waals surface area contributed by atoms with Crippen LogP contribution in [0.15, 0.2) is 30.3 Å². The topological polar surface area (TPSA) is 64.6 Å². The molecule has 0 heterocycles. The number of amides is 1. The fraction of sp³-hybridized carbons (Fsp3) is 0.200. The average molecular weight is 273 g/mol. The van der Waals surface area contributed by atoms with Gasteiger partial charge in [0.1, 0.15) is 5.75 Å². The highest BCUT2D eigenvalue weighted by atomic mass is 16.5. The van der Waals surface area contributed by atoms with Gasteiger partial charge in [-0.25, -0.2) is 4.79 Å². The van der Waals surface area contributed by atoms with Crippen molar-refractivity contribution in [2.24, 2.45) is 0 Å². The summed E-state index contributed by atoms with van der Waals surface area (Å²) in [5.74, 6) is -0.0408. The van der Waals surface area contributed by atoms with Gasteiger partial charge in [-0.05, 0) is 35.0 Å². The number of carbonyl (C=O) groups excluding carboxylic acids is 2. The van der Waals surface area contributed by atoms with E-state index in [-0.39, 0.29) is 5.91 Å². The normalized spacial score (nSPS) is 10.2. The maximum absolute atomic E-state index is 11.8. The predicted molar refractivity (Wildman–Crippen MR) is 76.1 cm³/mol. The molecule has 0 aliphatic rings. The maximum Gasteiger partial charge on any atom is 0.339 e. The third-order valence-electron chi connectivity index (χ3n) is 2.90. The van der Waals surface area contributed by atoms with Gasteiger partial charge < -0.3 is 14.8 Å². The molecule has 2 aromatic rings. The molecule has 1 N–H and O–H groups in total. The lowest BCUT2D eigenvalue weighted by molar-refractivity contribution is -0.114. The number of nitrogens with one attached hydrogen (secondary N) is 1. The SMILES string of the molecule is COC(=O)c1cc2ccc(OC)cc2cc1NC(C)=O. The fourth-order valence-corrected chi connectivity index (χ4v) is 1.97. The Bertz CT molecular complexity index is 679. The minimum atomic E-state index is -0.494. The zero-order valence-electron chi connectivity index (χ0n) is 11.5. The summed E-state index contributed by atoms with van der Waals surface area (Å²) in [6.45, 7) is 1.39. The van der Waals surface area contributed by atoms with Gasteiger partial charge in [0.15, 0.2) is 0 Å². The van der Waals surface area contributed by atoms with Crippen LogP contribution in [0.3, 0.4) is 0 Å². The Labute approximate surface area is 116 Å². The second kappa shape index (κ2) is 5.61. The van der Waals surface area contributed by atoms with Gasteiger partial charge in [-0.1, -0.05) is 6.07 Å². The molecule has 2 rings (SSSR count). The van der Waals surface area contributed by atoms with Crippen molar-refractivity contribution in [1.29, 1.82) is 0 Å². The van der Waals surface area contributed by atoms with E-state index in [0.717, 1.165) is 10.8 Å². The summed E-state index contributed by atoms with van der Waals surface area (Å²) < 4.78 is 9.90. The third-order valence-corrected chi connectivity index (χ3v) is 2.90. The summed E-state index contributed by atoms with van der Waals surface area (Å²) in [4.78, 5) is 23.0. The lowest BCUT2D eigenvalue weighted by Gasteiger charge is -2.11. The van der Waals surface area contributed by atoms with Crippen LogP contribution < -0.4 is 10.1 Å². The largest absolute Gasteiger partial charge is 0.497 e. The molecule has 0 aliphatic carbocycles. The van der Waals surface area contributed by atoms with Crippen molar-refractivity contribution in [3.8, 4) is 5.75 Å². The van der Waals surface area contributed by atoms with Crippen LogP contribution in [0.4, 0.5) is 5.69 Å². The van der Waals surface area contributed by atoms with E-state index in [1.54, 1.807) is 19.2 Å². The van der Waals surface area contributed by atoms with E-state index in [2.05, 4.69) is 5.32 Å². The molecule has 0 spiro atoms. The molecule has 0 unspecified atom stereocenters. The van der Waals surface area contributed by atoms with Gasteiger partial charge >= 0.3 is 5.97 Å². The van der Waals surface area contributed by atoms with Crippen molar-refractivity contribution < 1.29 is 19.1 Å². The minimum Gasteiger partial charge on any atom is -0.497 e. The number of esters is 1.